The van der Waals surface area contributed by atoms with Crippen LogP contribution in [0.3, 0.4) is 0 Å². The molecule has 0 spiro atoms. The van der Waals surface area contributed by atoms with Crippen molar-refractivity contribution in [3.8, 4) is 0 Å². The normalized spacial score (nSPS) is 30.9. The summed E-state index contributed by atoms with van der Waals surface area (Å²) in [6, 6.07) is 0.271. The van der Waals surface area contributed by atoms with Gasteiger partial charge in [0.05, 0.1) is 0 Å². The Kier molecular flexibility index (Phi) is 4.54. The van der Waals surface area contributed by atoms with Crippen LogP contribution >= 0.6 is 12.4 Å². The number of hydrogen-bond donors (Lipinski definition) is 1. The summed E-state index contributed by atoms with van der Waals surface area (Å²) in [5.74, 6) is 2.28. The summed E-state index contributed by atoms with van der Waals surface area (Å²) in [6.45, 7) is 2.06. The maximum absolute atomic E-state index is 12.5. The van der Waals surface area contributed by atoms with Crippen LogP contribution in [0.15, 0.2) is 0 Å². The van der Waals surface area contributed by atoms with Gasteiger partial charge >= 0.3 is 0 Å². The highest BCUT2D eigenvalue weighted by Gasteiger charge is 2.36. The number of halogens is 1. The van der Waals surface area contributed by atoms with Crippen LogP contribution in [0, 0.1) is 17.8 Å². The van der Waals surface area contributed by atoms with Gasteiger partial charge in [0.25, 0.3) is 0 Å². The van der Waals surface area contributed by atoms with E-state index in [1.165, 1.54) is 25.7 Å². The Bertz CT molecular complexity index is 288. The van der Waals surface area contributed by atoms with Crippen molar-refractivity contribution in [3.05, 3.63) is 0 Å². The van der Waals surface area contributed by atoms with Crippen LogP contribution in [0.1, 0.15) is 44.9 Å². The lowest BCUT2D eigenvalue weighted by atomic mass is 10.1. The molecule has 3 saturated carbocycles. The van der Waals surface area contributed by atoms with Crippen LogP contribution in [-0.2, 0) is 4.79 Å². The molecule has 3 fully saturated rings. The van der Waals surface area contributed by atoms with Crippen LogP contribution in [0.4, 0.5) is 0 Å². The summed E-state index contributed by atoms with van der Waals surface area (Å²) in [5.41, 5.74) is 5.92. The predicted molar refractivity (Wildman–Crippen MR) is 74.6 cm³/mol. The molecular weight excluding hydrogens is 248 g/mol. The molecule has 1 amide bonds. The third kappa shape index (κ3) is 3.61. The minimum Gasteiger partial charge on any atom is -0.342 e. The maximum Gasteiger partial charge on any atom is 0.225 e. The molecule has 0 aromatic rings. The third-order valence-corrected chi connectivity index (χ3v) is 4.49. The van der Waals surface area contributed by atoms with Crippen LogP contribution < -0.4 is 5.73 Å². The Labute approximate surface area is 116 Å². The maximum atomic E-state index is 12.5. The van der Waals surface area contributed by atoms with Crippen LogP contribution in [0.5, 0.6) is 0 Å². The topological polar surface area (TPSA) is 46.3 Å². The molecular formula is C14H25ClN2O. The van der Waals surface area contributed by atoms with E-state index in [2.05, 4.69) is 4.90 Å². The lowest BCUT2D eigenvalue weighted by molar-refractivity contribution is -0.135. The first-order valence-corrected chi connectivity index (χ1v) is 7.26. The van der Waals surface area contributed by atoms with Gasteiger partial charge in [-0.2, -0.15) is 0 Å². The number of carbonyl (C=O) groups is 1. The number of nitrogens with zero attached hydrogens (tertiary/aromatic N) is 1. The van der Waals surface area contributed by atoms with Gasteiger partial charge < -0.3 is 10.6 Å². The van der Waals surface area contributed by atoms with E-state index in [9.17, 15) is 4.79 Å². The predicted octanol–water partition coefficient (Wildman–Crippen LogP) is 2.18. The van der Waals surface area contributed by atoms with Crippen molar-refractivity contribution in [2.45, 2.75) is 51.0 Å². The first-order chi connectivity index (χ1) is 8.22. The summed E-state index contributed by atoms with van der Waals surface area (Å²) in [6.07, 6.45) is 8.31. The molecule has 104 valence electrons. The minimum absolute atomic E-state index is 0. The highest BCUT2D eigenvalue weighted by Crippen LogP contribution is 2.35. The molecule has 3 rings (SSSR count). The second kappa shape index (κ2) is 5.79. The van der Waals surface area contributed by atoms with Gasteiger partial charge in [-0.25, -0.2) is 0 Å². The zero-order valence-electron chi connectivity index (χ0n) is 11.0. The summed E-state index contributed by atoms with van der Waals surface area (Å²) in [4.78, 5) is 14.7. The quantitative estimate of drug-likeness (QED) is 0.834. The molecule has 3 aliphatic rings. The van der Waals surface area contributed by atoms with Gasteiger partial charge in [0, 0.05) is 25.0 Å². The number of carbonyl (C=O) groups excluding carboxylic acids is 1. The summed E-state index contributed by atoms with van der Waals surface area (Å²) in [5, 5.41) is 0. The molecule has 18 heavy (non-hydrogen) atoms. The van der Waals surface area contributed by atoms with Crippen LogP contribution in [0.2, 0.25) is 0 Å². The molecule has 2 N–H and O–H groups in total. The van der Waals surface area contributed by atoms with Crippen molar-refractivity contribution in [1.29, 1.82) is 0 Å². The Hall–Kier alpha value is -0.280. The highest BCUT2D eigenvalue weighted by molar-refractivity contribution is 5.85. The van der Waals surface area contributed by atoms with Gasteiger partial charge in [-0.15, -0.1) is 12.4 Å². The lowest BCUT2D eigenvalue weighted by Crippen LogP contribution is -2.38. The largest absolute Gasteiger partial charge is 0.342 e. The van der Waals surface area contributed by atoms with E-state index in [4.69, 9.17) is 5.73 Å². The van der Waals surface area contributed by atoms with Crippen molar-refractivity contribution in [1.82, 2.24) is 4.90 Å². The fourth-order valence-electron chi connectivity index (χ4n) is 2.98. The van der Waals surface area contributed by atoms with Crippen LogP contribution in [-0.4, -0.2) is 29.9 Å². The van der Waals surface area contributed by atoms with Gasteiger partial charge in [0.2, 0.25) is 5.91 Å². The van der Waals surface area contributed by atoms with Crippen LogP contribution in [0.25, 0.3) is 0 Å². The molecule has 0 radical (unpaired) electrons. The average molecular weight is 273 g/mol. The van der Waals surface area contributed by atoms with Gasteiger partial charge in [0.15, 0.2) is 0 Å². The van der Waals surface area contributed by atoms with E-state index in [1.54, 1.807) is 0 Å². The lowest BCUT2D eigenvalue weighted by Gasteiger charge is -2.25. The first kappa shape index (κ1) is 14.1. The number of hydrogen-bond acceptors (Lipinski definition) is 2. The fourth-order valence-corrected chi connectivity index (χ4v) is 2.98. The van der Waals surface area contributed by atoms with E-state index in [-0.39, 0.29) is 24.4 Å². The molecule has 3 aliphatic carbocycles. The summed E-state index contributed by atoms with van der Waals surface area (Å²) < 4.78 is 0. The number of amides is 1. The third-order valence-electron chi connectivity index (χ3n) is 4.49. The van der Waals surface area contributed by atoms with Gasteiger partial charge in [0.1, 0.15) is 0 Å². The second-order valence-electron chi connectivity index (χ2n) is 6.40. The standard InChI is InChI=1S/C14H24N2O.ClH/c15-13-6-5-12(7-13)14(17)16(8-10-1-2-10)9-11-3-4-11;/h10-13H,1-9,15H2;1H. The van der Waals surface area contributed by atoms with E-state index in [0.29, 0.717) is 5.91 Å². The molecule has 4 heteroatoms. The molecule has 0 bridgehead atoms. The molecule has 2 unspecified atom stereocenters. The second-order valence-corrected chi connectivity index (χ2v) is 6.40. The smallest absolute Gasteiger partial charge is 0.225 e. The van der Waals surface area contributed by atoms with E-state index >= 15 is 0 Å². The average Bonchev–Trinajstić information content (AvgIpc) is 3.21. The molecule has 0 heterocycles. The van der Waals surface area contributed by atoms with Gasteiger partial charge in [-0.1, -0.05) is 0 Å². The Morgan fingerprint density at radius 3 is 1.94 bits per heavy atom. The fraction of sp³-hybridized carbons (Fsp3) is 0.929. The SMILES string of the molecule is Cl.NC1CCC(C(=O)N(CC2CC2)CC2CC2)C1. The molecule has 0 aliphatic heterocycles. The number of rotatable bonds is 5. The van der Waals surface area contributed by atoms with Crippen molar-refractivity contribution < 1.29 is 4.79 Å². The van der Waals surface area contributed by atoms with E-state index in [1.807, 2.05) is 0 Å². The zero-order chi connectivity index (χ0) is 11.8. The minimum atomic E-state index is 0. The van der Waals surface area contributed by atoms with Crippen molar-refractivity contribution in [2.24, 2.45) is 23.5 Å². The zero-order valence-corrected chi connectivity index (χ0v) is 11.8. The monoisotopic (exact) mass is 272 g/mol. The molecule has 0 aromatic heterocycles. The van der Waals surface area contributed by atoms with Gasteiger partial charge in [-0.3, -0.25) is 4.79 Å². The van der Waals surface area contributed by atoms with E-state index < -0.39 is 0 Å². The Balaban J connectivity index is 0.00000120. The van der Waals surface area contributed by atoms with Crippen molar-refractivity contribution in [2.75, 3.05) is 13.1 Å². The molecule has 3 nitrogen and oxygen atoms in total. The molecule has 0 saturated heterocycles. The summed E-state index contributed by atoms with van der Waals surface area (Å²) >= 11 is 0. The summed E-state index contributed by atoms with van der Waals surface area (Å²) in [7, 11) is 0. The highest BCUT2D eigenvalue weighted by atomic mass is 35.5. The Morgan fingerprint density at radius 2 is 1.56 bits per heavy atom. The molecule has 2 atom stereocenters. The Morgan fingerprint density at radius 1 is 1.00 bits per heavy atom. The number of nitrogens with two attached hydrogens (primary N) is 1. The molecule has 0 aromatic carbocycles. The van der Waals surface area contributed by atoms with E-state index in [0.717, 1.165) is 44.2 Å². The van der Waals surface area contributed by atoms with Crippen molar-refractivity contribution >= 4 is 18.3 Å². The van der Waals surface area contributed by atoms with Crippen molar-refractivity contribution in [3.63, 3.8) is 0 Å². The van der Waals surface area contributed by atoms with Gasteiger partial charge in [-0.05, 0) is 56.8 Å². The first-order valence-electron chi connectivity index (χ1n) is 7.26.